The Morgan fingerprint density at radius 2 is 1.89 bits per heavy atom. The molecule has 3 aliphatic heterocycles. The van der Waals surface area contributed by atoms with Gasteiger partial charge in [0.25, 0.3) is 0 Å². The van der Waals surface area contributed by atoms with Crippen molar-refractivity contribution in [1.29, 1.82) is 0 Å². The molecule has 3 heterocycles. The van der Waals surface area contributed by atoms with E-state index in [9.17, 15) is 9.90 Å². The number of aliphatic hydroxyl groups excluding tert-OH is 1. The smallest absolute Gasteiger partial charge is 0.231 e. The van der Waals surface area contributed by atoms with E-state index >= 15 is 0 Å². The van der Waals surface area contributed by atoms with Crippen LogP contribution in [0.5, 0.6) is 0 Å². The van der Waals surface area contributed by atoms with Gasteiger partial charge in [-0.3, -0.25) is 9.69 Å². The van der Waals surface area contributed by atoms with Crippen LogP contribution in [0.4, 0.5) is 0 Å². The lowest BCUT2D eigenvalue weighted by Gasteiger charge is -2.54. The second kappa shape index (κ2) is 7.97. The predicted molar refractivity (Wildman–Crippen MR) is 102 cm³/mol. The zero-order valence-corrected chi connectivity index (χ0v) is 16.8. The van der Waals surface area contributed by atoms with Crippen LogP contribution in [0.25, 0.3) is 0 Å². The minimum absolute atomic E-state index is 0.164. The summed E-state index contributed by atoms with van der Waals surface area (Å²) in [5.41, 5.74) is -0.463. The van der Waals surface area contributed by atoms with Crippen molar-refractivity contribution in [2.24, 2.45) is 10.8 Å². The molecule has 0 aromatic carbocycles. The first-order valence-electron chi connectivity index (χ1n) is 10.9. The van der Waals surface area contributed by atoms with Crippen LogP contribution < -0.4 is 0 Å². The number of likely N-dealkylation sites (tertiary alicyclic amines) is 2. The van der Waals surface area contributed by atoms with E-state index < -0.39 is 0 Å². The van der Waals surface area contributed by atoms with Gasteiger partial charge in [0, 0.05) is 58.0 Å². The normalized spacial score (nSPS) is 35.2. The number of amides is 1. The van der Waals surface area contributed by atoms with Crippen LogP contribution in [-0.2, 0) is 14.3 Å². The Morgan fingerprint density at radius 3 is 2.56 bits per heavy atom. The molecule has 0 aromatic rings. The summed E-state index contributed by atoms with van der Waals surface area (Å²) in [5, 5.41) is 11.0. The Balaban J connectivity index is 1.47. The number of hydrogen-bond acceptors (Lipinski definition) is 5. The fourth-order valence-corrected chi connectivity index (χ4v) is 5.91. The maximum absolute atomic E-state index is 13.3. The van der Waals surface area contributed by atoms with Crippen molar-refractivity contribution in [3.8, 4) is 0 Å². The highest BCUT2D eigenvalue weighted by Gasteiger charge is 2.51. The van der Waals surface area contributed by atoms with E-state index in [0.717, 1.165) is 84.2 Å². The molecule has 4 rings (SSSR count). The molecule has 1 spiro atoms. The fourth-order valence-electron chi connectivity index (χ4n) is 5.91. The van der Waals surface area contributed by atoms with Gasteiger partial charge in [0.05, 0.1) is 18.1 Å². The van der Waals surface area contributed by atoms with Crippen molar-refractivity contribution in [2.45, 2.75) is 63.5 Å². The number of carbonyl (C=O) groups is 1. The molecule has 154 valence electrons. The van der Waals surface area contributed by atoms with Crippen LogP contribution in [0.1, 0.15) is 51.4 Å². The lowest BCUT2D eigenvalue weighted by atomic mass is 9.66. The molecule has 0 aromatic heterocycles. The fraction of sp³-hybridized carbons (Fsp3) is 0.952. The summed E-state index contributed by atoms with van der Waals surface area (Å²) < 4.78 is 10.9. The first kappa shape index (κ1) is 19.6. The third-order valence-corrected chi connectivity index (χ3v) is 7.70. The number of carbonyl (C=O) groups excluding carboxylic acids is 1. The number of piperidine rings is 2. The van der Waals surface area contributed by atoms with Crippen molar-refractivity contribution in [2.75, 3.05) is 53.1 Å². The second-order valence-electron chi connectivity index (χ2n) is 9.38. The monoisotopic (exact) mass is 380 g/mol. The molecular weight excluding hydrogens is 344 g/mol. The summed E-state index contributed by atoms with van der Waals surface area (Å²) in [6, 6.07) is 0.570. The maximum atomic E-state index is 13.3. The van der Waals surface area contributed by atoms with Crippen LogP contribution in [0.2, 0.25) is 0 Å². The molecule has 4 aliphatic rings. The Labute approximate surface area is 163 Å². The lowest BCUT2D eigenvalue weighted by molar-refractivity contribution is -0.162. The molecule has 6 heteroatoms. The van der Waals surface area contributed by atoms with Crippen LogP contribution in [-0.4, -0.2) is 86.1 Å². The Morgan fingerprint density at radius 1 is 1.11 bits per heavy atom. The average molecular weight is 381 g/mol. The molecule has 4 fully saturated rings. The van der Waals surface area contributed by atoms with Crippen LogP contribution in [0.15, 0.2) is 0 Å². The summed E-state index contributed by atoms with van der Waals surface area (Å²) in [6.45, 7) is 5.65. The molecule has 2 atom stereocenters. The molecule has 0 bridgehead atoms. The number of hydrogen-bond donors (Lipinski definition) is 1. The number of nitrogens with zero attached hydrogens (tertiary/aromatic N) is 2. The highest BCUT2D eigenvalue weighted by atomic mass is 16.5. The number of rotatable bonds is 4. The minimum Gasteiger partial charge on any atom is -0.392 e. The van der Waals surface area contributed by atoms with Crippen molar-refractivity contribution in [3.05, 3.63) is 0 Å². The zero-order valence-electron chi connectivity index (χ0n) is 16.8. The van der Waals surface area contributed by atoms with Crippen LogP contribution in [0.3, 0.4) is 0 Å². The van der Waals surface area contributed by atoms with Gasteiger partial charge in [-0.1, -0.05) is 6.42 Å². The van der Waals surface area contributed by atoms with E-state index in [0.29, 0.717) is 19.2 Å². The van der Waals surface area contributed by atoms with Crippen molar-refractivity contribution < 1.29 is 19.4 Å². The molecule has 0 radical (unpaired) electrons. The second-order valence-corrected chi connectivity index (χ2v) is 9.38. The Bertz CT molecular complexity index is 532. The van der Waals surface area contributed by atoms with Gasteiger partial charge >= 0.3 is 0 Å². The lowest BCUT2D eigenvalue weighted by Crippen LogP contribution is -2.63. The van der Waals surface area contributed by atoms with Crippen molar-refractivity contribution in [3.63, 3.8) is 0 Å². The third-order valence-electron chi connectivity index (χ3n) is 7.70. The topological polar surface area (TPSA) is 62.2 Å². The van der Waals surface area contributed by atoms with Gasteiger partial charge in [0.1, 0.15) is 0 Å². The minimum atomic E-state index is -0.302. The van der Waals surface area contributed by atoms with E-state index in [2.05, 4.69) is 9.80 Å². The molecule has 1 aliphatic carbocycles. The summed E-state index contributed by atoms with van der Waals surface area (Å²) in [5.74, 6) is 0.269. The molecule has 1 N–H and O–H groups in total. The van der Waals surface area contributed by atoms with E-state index in [-0.39, 0.29) is 22.8 Å². The van der Waals surface area contributed by atoms with Crippen LogP contribution in [0, 0.1) is 10.8 Å². The molecule has 6 nitrogen and oxygen atoms in total. The van der Waals surface area contributed by atoms with E-state index in [1.54, 1.807) is 7.11 Å². The first-order valence-corrected chi connectivity index (χ1v) is 10.9. The largest absolute Gasteiger partial charge is 0.392 e. The number of methoxy groups -OCH3 is 1. The van der Waals surface area contributed by atoms with E-state index in [1.807, 2.05) is 0 Å². The van der Waals surface area contributed by atoms with Gasteiger partial charge in [-0.15, -0.1) is 0 Å². The molecular formula is C21H36N2O4. The standard InChI is InChI=1S/C21H36N2O4/c1-26-16-20(7-2-8-20)19(25)23-10-3-9-21(15-23)14-22(11-4-18(21)24)17-5-12-27-13-6-17/h17-18,24H,2-16H2,1H3/t18-,21-/m1/s1. The maximum Gasteiger partial charge on any atom is 0.231 e. The highest BCUT2D eigenvalue weighted by molar-refractivity contribution is 5.84. The summed E-state index contributed by atoms with van der Waals surface area (Å²) in [6.07, 6.45) is 7.72. The van der Waals surface area contributed by atoms with E-state index in [4.69, 9.17) is 9.47 Å². The quantitative estimate of drug-likeness (QED) is 0.804. The van der Waals surface area contributed by atoms with Crippen molar-refractivity contribution >= 4 is 5.91 Å². The van der Waals surface area contributed by atoms with Gasteiger partial charge in [-0.2, -0.15) is 0 Å². The molecule has 27 heavy (non-hydrogen) atoms. The summed E-state index contributed by atoms with van der Waals surface area (Å²) in [7, 11) is 1.70. The molecule has 3 saturated heterocycles. The van der Waals surface area contributed by atoms with Gasteiger partial charge < -0.3 is 19.5 Å². The Kier molecular flexibility index (Phi) is 5.79. The highest BCUT2D eigenvalue weighted by Crippen LogP contribution is 2.46. The number of aliphatic hydroxyl groups is 1. The van der Waals surface area contributed by atoms with Gasteiger partial charge in [0.15, 0.2) is 0 Å². The summed E-state index contributed by atoms with van der Waals surface area (Å²) in [4.78, 5) is 18.0. The first-order chi connectivity index (χ1) is 13.1. The molecule has 1 amide bonds. The van der Waals surface area contributed by atoms with Gasteiger partial charge in [-0.05, 0) is 44.9 Å². The molecule has 1 saturated carbocycles. The number of ether oxygens (including phenoxy) is 2. The molecule has 0 unspecified atom stereocenters. The average Bonchev–Trinajstić information content (AvgIpc) is 2.67. The predicted octanol–water partition coefficient (Wildman–Crippen LogP) is 1.66. The van der Waals surface area contributed by atoms with Crippen LogP contribution >= 0.6 is 0 Å². The SMILES string of the molecule is COCC1(C(=O)N2CCC[C@]3(C2)CN(C2CCOCC2)CC[C@H]3O)CCC1. The van der Waals surface area contributed by atoms with Crippen molar-refractivity contribution in [1.82, 2.24) is 9.80 Å². The zero-order chi connectivity index (χ0) is 18.9. The third kappa shape index (κ3) is 3.66. The summed E-state index contributed by atoms with van der Waals surface area (Å²) >= 11 is 0. The van der Waals surface area contributed by atoms with Gasteiger partial charge in [0.2, 0.25) is 5.91 Å². The van der Waals surface area contributed by atoms with E-state index in [1.165, 1.54) is 0 Å². The van der Waals surface area contributed by atoms with Gasteiger partial charge in [-0.25, -0.2) is 0 Å². The Hall–Kier alpha value is -0.690.